The standard InChI is InChI=1S/C23H25ClF3N7O3.C21H19ClF4N6OS2.C21H19ClF3N7O2.C20H17ClF4N6OS2.8H2/c1-13(2)11-37-22(36)33-5-6-34(17(10-33)21(35)31-12-23(25,26)27)18-3-4-28-20(32-18)16-9-30-19-15(16)7-14(24)8-29-19;22-11-4-12-13(7-28-16(12)27-6-11)17-29-8-14(23)18(31-17)32-10-20(34-2-1-3-35-20)5-15(32)19(33)30-9-21(24,25)26;1-2-17(33)31-5-6-32(15(10-31)20(34)29-11-21(23,24)25)16-3-4-26-19(30-16)14-9-28-18-13(14)7-12(22)8-27-18;21-10-3-11-12(6-27-15(11)26-5-10)16-28-7-13(22)17(30-16)31-9-19(33-1-2-34-19)4-14(31)18(32)29-8-20(23,24)25;;;;;;;;/h3-4,7-9,13,17H,5-6,10-12H2,1-2H3,(H,29,30)(H,31,35);4,6-8,15H,1-3,5,9-10H2,(H,27,28)(H,30,33);2-4,7-9,15H,1,5-6,10-11H2,(H,27,28)(H,29,34);3,5-7,14H,1-2,4,8-9H2,(H,26,27)(H,29,32);8*1H/t17-;2*15-;14-;;;;;;;;/m1111......../s1. The lowest BCUT2D eigenvalue weighted by Gasteiger charge is -2.40. The lowest BCUT2D eigenvalue weighted by Crippen LogP contribution is -2.61. The van der Waals surface area contributed by atoms with Gasteiger partial charge in [-0.3, -0.25) is 24.0 Å². The summed E-state index contributed by atoms with van der Waals surface area (Å²) in [5, 5.41) is 12.0. The van der Waals surface area contributed by atoms with E-state index in [4.69, 9.17) is 51.1 Å². The number of aromatic nitrogens is 16. The number of hydrogen-bond acceptors (Lipinski definition) is 27. The molecule has 18 heterocycles. The Bertz CT molecular complexity index is 6640. The summed E-state index contributed by atoms with van der Waals surface area (Å²) in [4.78, 5) is 148. The van der Waals surface area contributed by atoms with E-state index in [9.17, 15) is 85.8 Å². The van der Waals surface area contributed by atoms with Crippen molar-refractivity contribution in [1.82, 2.24) is 111 Å². The van der Waals surface area contributed by atoms with Crippen LogP contribution in [-0.2, 0) is 28.7 Å². The minimum Gasteiger partial charge on any atom is -0.449 e. The third kappa shape index (κ3) is 24.8. The molecular formula is C85H96Cl4F14N26O7S4. The number of fused-ring (bicyclic) bond motifs is 4. The van der Waals surface area contributed by atoms with Gasteiger partial charge in [-0.25, -0.2) is 73.4 Å². The topological polar surface area (TPSA) is 397 Å². The van der Waals surface area contributed by atoms with Gasteiger partial charge in [-0.2, -0.15) is 52.7 Å². The summed E-state index contributed by atoms with van der Waals surface area (Å²) in [6.45, 7) is 2.44. The molecule has 4 atom stereocenters. The second kappa shape index (κ2) is 43.0. The summed E-state index contributed by atoms with van der Waals surface area (Å²) in [5.41, 5.74) is 4.52. The Morgan fingerprint density at radius 1 is 0.464 bits per heavy atom. The highest BCUT2D eigenvalue weighted by Crippen LogP contribution is 2.54. The van der Waals surface area contributed by atoms with E-state index in [1.807, 2.05) is 35.1 Å². The number of anilines is 4. The number of aromatic amines is 4. The third-order valence-electron chi connectivity index (χ3n) is 22.3. The fourth-order valence-corrected chi connectivity index (χ4v) is 23.3. The molecular weight excluding hydrogens is 2030 g/mol. The molecule has 6 aliphatic rings. The van der Waals surface area contributed by atoms with Gasteiger partial charge in [0, 0.05) is 181 Å². The fraction of sp³-hybridized carbons (Fsp3) is 0.388. The van der Waals surface area contributed by atoms with Gasteiger partial charge < -0.3 is 75.3 Å². The van der Waals surface area contributed by atoms with Gasteiger partial charge >= 0.3 is 30.8 Å². The fourth-order valence-electron chi connectivity index (χ4n) is 16.0. The molecule has 6 saturated heterocycles. The van der Waals surface area contributed by atoms with Crippen molar-refractivity contribution in [3.05, 3.63) is 155 Å². The van der Waals surface area contributed by atoms with Crippen LogP contribution in [0.15, 0.2) is 123 Å². The van der Waals surface area contributed by atoms with Gasteiger partial charge in [0.25, 0.3) is 0 Å². The number of pyridine rings is 4. The highest BCUT2D eigenvalue weighted by molar-refractivity contribution is 8.21. The van der Waals surface area contributed by atoms with Crippen LogP contribution in [0.4, 0.5) is 89.5 Å². The number of carbonyl (C=O) groups excluding carboxylic acids is 6. The number of piperazine rings is 2. The van der Waals surface area contributed by atoms with E-state index in [1.165, 1.54) is 56.8 Å². The van der Waals surface area contributed by atoms with Crippen LogP contribution in [0.2, 0.25) is 20.1 Å². The first-order valence-corrected chi connectivity index (χ1v) is 48.0. The Labute approximate surface area is 833 Å². The summed E-state index contributed by atoms with van der Waals surface area (Å²) in [6, 6.07) is 5.63. The molecule has 0 saturated carbocycles. The molecule has 18 rings (SSSR count). The van der Waals surface area contributed by atoms with Crippen molar-refractivity contribution in [3.8, 4) is 45.6 Å². The van der Waals surface area contributed by atoms with Gasteiger partial charge in [0.1, 0.15) is 84.6 Å². The molecule has 2 spiro atoms. The first kappa shape index (κ1) is 103. The van der Waals surface area contributed by atoms with Crippen LogP contribution in [0.3, 0.4) is 0 Å². The summed E-state index contributed by atoms with van der Waals surface area (Å²) in [5.74, 6) is -0.474. The molecule has 0 bridgehead atoms. The van der Waals surface area contributed by atoms with E-state index in [-0.39, 0.29) is 112 Å². The number of nitrogens with zero attached hydrogens (tertiary/aromatic N) is 18. The highest BCUT2D eigenvalue weighted by Gasteiger charge is 2.53. The number of alkyl halides is 12. The minimum absolute atomic E-state index is 0. The zero-order chi connectivity index (χ0) is 100. The van der Waals surface area contributed by atoms with Crippen LogP contribution in [0.5, 0.6) is 0 Å². The molecule has 12 aromatic heterocycles. The maximum absolute atomic E-state index is 15.1. The molecule has 12 aromatic rings. The molecule has 0 unspecified atom stereocenters. The summed E-state index contributed by atoms with van der Waals surface area (Å²) < 4.78 is 187. The van der Waals surface area contributed by atoms with Crippen molar-refractivity contribution in [2.75, 3.05) is 128 Å². The van der Waals surface area contributed by atoms with Crippen LogP contribution in [0.25, 0.3) is 89.7 Å². The van der Waals surface area contributed by atoms with Gasteiger partial charge in [-0.1, -0.05) is 66.8 Å². The van der Waals surface area contributed by atoms with Crippen LogP contribution in [-0.4, -0.2) is 290 Å². The average Bonchev–Trinajstić information content (AvgIpc) is 1.60. The second-order valence-corrected chi connectivity index (χ2v) is 40.8. The van der Waals surface area contributed by atoms with Crippen molar-refractivity contribution < 1.29 is 106 Å². The second-order valence-electron chi connectivity index (χ2n) is 32.6. The van der Waals surface area contributed by atoms with Crippen molar-refractivity contribution in [1.29, 1.82) is 0 Å². The number of carbonyl (C=O) groups is 6. The van der Waals surface area contributed by atoms with Crippen molar-refractivity contribution in [2.24, 2.45) is 5.92 Å². The van der Waals surface area contributed by atoms with Gasteiger partial charge in [-0.15, -0.1) is 47.0 Å². The first-order chi connectivity index (χ1) is 66.5. The number of H-pyrrole nitrogens is 4. The maximum atomic E-state index is 15.1. The SMILES string of the molecule is C=CC(=O)N1CCN(c2ccnc(-c3c[nH]c4ncc(Cl)cc34)n2)[C@@H](C(=O)NCC(F)(F)F)C1.CC(C)COC(=O)N1CCN(c2ccnc(-c3c[nH]c4ncc(Cl)cc34)n2)[C@@H](C(=O)NCC(F)(F)F)C1.O=C(NCC(F)(F)F)[C@H]1CC2(CN1c1nc(-c3c[nH]c4ncc(Cl)cc34)ncc1F)SCCCS2.O=C(NCC(F)(F)F)[C@H]1CC2(CN1c1nc(-c3c[nH]c4ncc(Cl)cc34)ncc1F)SCCS2.[HH].[HH].[HH].[HH].[HH].[HH].[HH].[HH]. The molecule has 8 N–H and O–H groups in total. The lowest BCUT2D eigenvalue weighted by molar-refractivity contribution is -0.140. The Morgan fingerprint density at radius 3 is 1.14 bits per heavy atom. The van der Waals surface area contributed by atoms with Gasteiger partial charge in [0.05, 0.1) is 60.3 Å². The highest BCUT2D eigenvalue weighted by atomic mass is 35.5. The van der Waals surface area contributed by atoms with Crippen LogP contribution >= 0.6 is 93.5 Å². The minimum atomic E-state index is -4.59. The molecule has 0 aliphatic carbocycles. The zero-order valence-electron chi connectivity index (χ0n) is 73.0. The quantitative estimate of drug-likeness (QED) is 0.0275. The first-order valence-electron chi connectivity index (χ1n) is 42.5. The smallest absolute Gasteiger partial charge is 0.409 e. The van der Waals surface area contributed by atoms with Crippen LogP contribution < -0.4 is 40.9 Å². The zero-order valence-corrected chi connectivity index (χ0v) is 79.3. The van der Waals surface area contributed by atoms with Crippen LogP contribution in [0, 0.1) is 17.6 Å². The maximum Gasteiger partial charge on any atom is 0.409 e. The Morgan fingerprint density at radius 2 is 0.793 bits per heavy atom. The number of halogens is 18. The molecule has 6 aliphatic heterocycles. The van der Waals surface area contributed by atoms with Gasteiger partial charge in [0.15, 0.2) is 46.6 Å². The number of hydrogen-bond donors (Lipinski definition) is 8. The number of nitrogens with one attached hydrogen (secondary N) is 8. The number of rotatable bonds is 19. The predicted molar refractivity (Wildman–Crippen MR) is 520 cm³/mol. The predicted octanol–water partition coefficient (Wildman–Crippen LogP) is 17.0. The third-order valence-corrected chi connectivity index (χ3v) is 29.9. The largest absolute Gasteiger partial charge is 0.449 e. The normalized spacial score (nSPS) is 18.2. The van der Waals surface area contributed by atoms with E-state index in [0.29, 0.717) is 110 Å². The molecule has 758 valence electrons. The van der Waals surface area contributed by atoms with E-state index in [0.717, 1.165) is 47.9 Å². The molecule has 6 fully saturated rings. The summed E-state index contributed by atoms with van der Waals surface area (Å²) >= 11 is 30.9. The number of thioether (sulfide) groups is 4. The van der Waals surface area contributed by atoms with E-state index >= 15 is 4.39 Å². The van der Waals surface area contributed by atoms with E-state index in [2.05, 4.69) is 86.3 Å². The monoisotopic (exact) mass is 2130 g/mol. The van der Waals surface area contributed by atoms with E-state index in [1.54, 1.807) is 118 Å². The molecule has 33 nitrogen and oxygen atoms in total. The van der Waals surface area contributed by atoms with E-state index < -0.39 is 130 Å². The number of amides is 6. The molecule has 0 aromatic carbocycles. The lowest BCUT2D eigenvalue weighted by atomic mass is 10.1. The molecule has 140 heavy (non-hydrogen) atoms. The molecule has 6 amide bonds. The van der Waals surface area contributed by atoms with Crippen LogP contribution in [0.1, 0.15) is 44.5 Å². The number of ether oxygens (including phenoxy) is 1. The summed E-state index contributed by atoms with van der Waals surface area (Å²) in [7, 11) is 0. The van der Waals surface area contributed by atoms with Crippen molar-refractivity contribution in [2.45, 2.75) is 90.1 Å². The Balaban J connectivity index is 0.000000262. The van der Waals surface area contributed by atoms with Crippen molar-refractivity contribution >= 4 is 196 Å². The average molecular weight is 2130 g/mol. The van der Waals surface area contributed by atoms with Gasteiger partial charge in [0.2, 0.25) is 29.5 Å². The molecule has 0 radical (unpaired) electrons. The Kier molecular flexibility index (Phi) is 31.5. The van der Waals surface area contributed by atoms with Crippen molar-refractivity contribution in [3.63, 3.8) is 0 Å². The molecule has 55 heteroatoms. The Hall–Kier alpha value is -11.8. The van der Waals surface area contributed by atoms with Gasteiger partial charge in [-0.05, 0) is 66.3 Å². The summed E-state index contributed by atoms with van der Waals surface area (Å²) in [6.07, 6.45) is 1.26.